The fraction of sp³-hybridized carbons (Fsp3) is 0.615. The van der Waals surface area contributed by atoms with Crippen molar-refractivity contribution in [1.82, 2.24) is 4.98 Å². The van der Waals surface area contributed by atoms with Crippen molar-refractivity contribution in [2.24, 2.45) is 5.73 Å². The highest BCUT2D eigenvalue weighted by Gasteiger charge is 2.19. The molecule has 1 aromatic heterocycles. The van der Waals surface area contributed by atoms with Crippen molar-refractivity contribution in [1.29, 1.82) is 0 Å². The van der Waals surface area contributed by atoms with Crippen LogP contribution in [0.1, 0.15) is 25.7 Å². The normalized spacial score (nSPS) is 24.4. The van der Waals surface area contributed by atoms with Crippen molar-refractivity contribution in [3.05, 3.63) is 18.3 Å². The second-order valence-electron chi connectivity index (χ2n) is 5.03. The van der Waals surface area contributed by atoms with E-state index in [0.29, 0.717) is 12.1 Å². The summed E-state index contributed by atoms with van der Waals surface area (Å²) in [6.45, 7) is 0. The fourth-order valence-corrected chi connectivity index (χ4v) is 2.35. The Kier molecular flexibility index (Phi) is 3.84. The summed E-state index contributed by atoms with van der Waals surface area (Å²) in [5.41, 5.74) is 7.04. The molecule has 4 heteroatoms. The molecule has 1 fully saturated rings. The molecule has 0 saturated heterocycles. The molecule has 3 N–H and O–H groups in total. The zero-order valence-electron chi connectivity index (χ0n) is 10.7. The molecule has 2 rings (SSSR count). The molecular formula is C13H22N4. The number of anilines is 2. The van der Waals surface area contributed by atoms with E-state index in [9.17, 15) is 0 Å². The third-order valence-electron chi connectivity index (χ3n) is 3.34. The highest BCUT2D eigenvalue weighted by molar-refractivity contribution is 5.65. The summed E-state index contributed by atoms with van der Waals surface area (Å²) in [7, 11) is 4.04. The van der Waals surface area contributed by atoms with Gasteiger partial charge in [-0.2, -0.15) is 0 Å². The van der Waals surface area contributed by atoms with E-state index < -0.39 is 0 Å². The maximum atomic E-state index is 5.92. The van der Waals surface area contributed by atoms with Gasteiger partial charge in [-0.05, 0) is 37.8 Å². The minimum absolute atomic E-state index is 0.398. The first-order valence-electron chi connectivity index (χ1n) is 6.31. The van der Waals surface area contributed by atoms with E-state index in [1.165, 1.54) is 0 Å². The summed E-state index contributed by atoms with van der Waals surface area (Å²) in [4.78, 5) is 6.44. The molecule has 0 atom stereocenters. The van der Waals surface area contributed by atoms with Crippen LogP contribution < -0.4 is 16.0 Å². The van der Waals surface area contributed by atoms with Gasteiger partial charge in [-0.25, -0.2) is 4.98 Å². The summed E-state index contributed by atoms with van der Waals surface area (Å²) in [6.07, 6.45) is 6.38. The van der Waals surface area contributed by atoms with Crippen LogP contribution in [0.15, 0.2) is 18.3 Å². The molecule has 0 aromatic carbocycles. The monoisotopic (exact) mass is 234 g/mol. The van der Waals surface area contributed by atoms with E-state index in [-0.39, 0.29) is 0 Å². The summed E-state index contributed by atoms with van der Waals surface area (Å²) >= 11 is 0. The molecule has 17 heavy (non-hydrogen) atoms. The van der Waals surface area contributed by atoms with Gasteiger partial charge < -0.3 is 16.0 Å². The number of hydrogen-bond acceptors (Lipinski definition) is 4. The van der Waals surface area contributed by atoms with Crippen LogP contribution in [0.3, 0.4) is 0 Å². The minimum Gasteiger partial charge on any atom is -0.379 e. The van der Waals surface area contributed by atoms with Crippen LogP contribution in [0.5, 0.6) is 0 Å². The highest BCUT2D eigenvalue weighted by Crippen LogP contribution is 2.25. The van der Waals surface area contributed by atoms with Crippen molar-refractivity contribution >= 4 is 11.5 Å². The van der Waals surface area contributed by atoms with Crippen LogP contribution in [0.2, 0.25) is 0 Å². The van der Waals surface area contributed by atoms with E-state index in [1.807, 2.05) is 31.3 Å². The van der Waals surface area contributed by atoms with Crippen molar-refractivity contribution in [3.8, 4) is 0 Å². The molecule has 0 radical (unpaired) electrons. The van der Waals surface area contributed by atoms with E-state index >= 15 is 0 Å². The molecule has 0 spiro atoms. The van der Waals surface area contributed by atoms with Gasteiger partial charge in [0.05, 0.1) is 5.69 Å². The quantitative estimate of drug-likeness (QED) is 0.838. The van der Waals surface area contributed by atoms with Crippen molar-refractivity contribution in [2.75, 3.05) is 24.3 Å². The average molecular weight is 234 g/mol. The number of nitrogens with two attached hydrogens (primary N) is 1. The number of hydrogen-bond donors (Lipinski definition) is 2. The highest BCUT2D eigenvalue weighted by atomic mass is 15.2. The summed E-state index contributed by atoms with van der Waals surface area (Å²) < 4.78 is 0. The Morgan fingerprint density at radius 3 is 2.65 bits per heavy atom. The van der Waals surface area contributed by atoms with Crippen LogP contribution >= 0.6 is 0 Å². The van der Waals surface area contributed by atoms with Crippen LogP contribution in [-0.4, -0.2) is 31.2 Å². The molecule has 0 bridgehead atoms. The number of pyridine rings is 1. The lowest BCUT2D eigenvalue weighted by Gasteiger charge is -2.29. The molecule has 0 unspecified atom stereocenters. The number of aromatic nitrogens is 1. The van der Waals surface area contributed by atoms with Crippen LogP contribution in [0.4, 0.5) is 11.5 Å². The van der Waals surface area contributed by atoms with Gasteiger partial charge in [0.25, 0.3) is 0 Å². The Labute approximate surface area is 103 Å². The number of nitrogens with zero attached hydrogens (tertiary/aromatic N) is 2. The Hall–Kier alpha value is -1.29. The van der Waals surface area contributed by atoms with Crippen molar-refractivity contribution < 1.29 is 0 Å². The van der Waals surface area contributed by atoms with Crippen LogP contribution in [0.25, 0.3) is 0 Å². The van der Waals surface area contributed by atoms with Gasteiger partial charge in [-0.3, -0.25) is 0 Å². The van der Waals surface area contributed by atoms with Gasteiger partial charge in [-0.15, -0.1) is 0 Å². The van der Waals surface area contributed by atoms with Crippen molar-refractivity contribution in [3.63, 3.8) is 0 Å². The summed E-state index contributed by atoms with van der Waals surface area (Å²) in [5.74, 6) is 1.00. The maximum absolute atomic E-state index is 5.92. The number of rotatable bonds is 3. The van der Waals surface area contributed by atoms with Gasteiger partial charge >= 0.3 is 0 Å². The first kappa shape index (κ1) is 12.2. The number of nitrogens with one attached hydrogen (secondary N) is 1. The third kappa shape index (κ3) is 3.09. The lowest BCUT2D eigenvalue weighted by molar-refractivity contribution is 0.411. The molecule has 1 aliphatic rings. The molecule has 4 nitrogen and oxygen atoms in total. The molecule has 0 aliphatic heterocycles. The minimum atomic E-state index is 0.398. The van der Waals surface area contributed by atoms with Gasteiger partial charge in [0, 0.05) is 32.4 Å². The first-order chi connectivity index (χ1) is 8.16. The van der Waals surface area contributed by atoms with E-state index in [4.69, 9.17) is 5.73 Å². The molecule has 0 amide bonds. The molecule has 1 saturated carbocycles. The van der Waals surface area contributed by atoms with E-state index in [2.05, 4.69) is 16.4 Å². The first-order valence-corrected chi connectivity index (χ1v) is 6.31. The standard InChI is InChI=1S/C13H22N4/c1-17(2)13-12(4-3-9-15-13)16-11-7-5-10(14)6-8-11/h3-4,9-11,16H,5-8,14H2,1-2H3. The zero-order chi connectivity index (χ0) is 12.3. The smallest absolute Gasteiger partial charge is 0.151 e. The molecular weight excluding hydrogens is 212 g/mol. The molecule has 94 valence electrons. The third-order valence-corrected chi connectivity index (χ3v) is 3.34. The second kappa shape index (κ2) is 5.36. The zero-order valence-corrected chi connectivity index (χ0v) is 10.7. The Bertz CT molecular complexity index is 356. The van der Waals surface area contributed by atoms with Crippen LogP contribution in [0, 0.1) is 0 Å². The van der Waals surface area contributed by atoms with Gasteiger partial charge in [0.15, 0.2) is 5.82 Å². The van der Waals surface area contributed by atoms with Gasteiger partial charge in [0.2, 0.25) is 0 Å². The Morgan fingerprint density at radius 2 is 2.00 bits per heavy atom. The SMILES string of the molecule is CN(C)c1ncccc1NC1CCC(N)CC1. The van der Waals surface area contributed by atoms with Crippen LogP contribution in [-0.2, 0) is 0 Å². The van der Waals surface area contributed by atoms with E-state index in [1.54, 1.807) is 0 Å². The van der Waals surface area contributed by atoms with E-state index in [0.717, 1.165) is 37.2 Å². The predicted octanol–water partition coefficient (Wildman–Crippen LogP) is 1.83. The topological polar surface area (TPSA) is 54.2 Å². The Balaban J connectivity index is 2.03. The van der Waals surface area contributed by atoms with Gasteiger partial charge in [0.1, 0.15) is 0 Å². The second-order valence-corrected chi connectivity index (χ2v) is 5.03. The molecule has 1 aromatic rings. The lowest BCUT2D eigenvalue weighted by atomic mass is 9.92. The lowest BCUT2D eigenvalue weighted by Crippen LogP contribution is -2.33. The predicted molar refractivity (Wildman–Crippen MR) is 72.4 cm³/mol. The largest absolute Gasteiger partial charge is 0.379 e. The molecule has 1 heterocycles. The average Bonchev–Trinajstić information content (AvgIpc) is 2.32. The summed E-state index contributed by atoms with van der Waals surface area (Å²) in [5, 5.41) is 3.59. The van der Waals surface area contributed by atoms with Gasteiger partial charge in [-0.1, -0.05) is 0 Å². The van der Waals surface area contributed by atoms with Crippen molar-refractivity contribution in [2.45, 2.75) is 37.8 Å². The maximum Gasteiger partial charge on any atom is 0.151 e. The summed E-state index contributed by atoms with van der Waals surface area (Å²) in [6, 6.07) is 5.01. The Morgan fingerprint density at radius 1 is 1.29 bits per heavy atom. The molecule has 1 aliphatic carbocycles. The fourth-order valence-electron chi connectivity index (χ4n) is 2.35.